The summed E-state index contributed by atoms with van der Waals surface area (Å²) in [6.07, 6.45) is 0.777. The highest BCUT2D eigenvalue weighted by atomic mass is 16.5. The van der Waals surface area contributed by atoms with E-state index in [9.17, 15) is 14.7 Å². The number of aliphatic hydroxyl groups is 1. The van der Waals surface area contributed by atoms with Gasteiger partial charge in [-0.2, -0.15) is 0 Å². The smallest absolute Gasteiger partial charge is 0.300 e. The van der Waals surface area contributed by atoms with Crippen LogP contribution in [-0.2, 0) is 21.4 Å². The van der Waals surface area contributed by atoms with E-state index in [1.54, 1.807) is 6.07 Å². The third-order valence-corrected chi connectivity index (χ3v) is 7.35. The molecule has 1 fully saturated rings. The van der Waals surface area contributed by atoms with Gasteiger partial charge < -0.3 is 14.7 Å². The van der Waals surface area contributed by atoms with Gasteiger partial charge in [0, 0.05) is 37.5 Å². The van der Waals surface area contributed by atoms with E-state index in [0.29, 0.717) is 11.3 Å². The van der Waals surface area contributed by atoms with Crippen molar-refractivity contribution in [3.05, 3.63) is 94.6 Å². The van der Waals surface area contributed by atoms with Gasteiger partial charge in [0.05, 0.1) is 11.6 Å². The molecular formula is C32H34N2O4. The van der Waals surface area contributed by atoms with E-state index < -0.39 is 17.7 Å². The van der Waals surface area contributed by atoms with Crippen LogP contribution in [0.25, 0.3) is 5.76 Å². The number of anilines is 2. The van der Waals surface area contributed by atoms with Crippen LogP contribution in [0, 0.1) is 0 Å². The van der Waals surface area contributed by atoms with Crippen molar-refractivity contribution in [2.75, 3.05) is 23.9 Å². The van der Waals surface area contributed by atoms with E-state index in [-0.39, 0.29) is 22.9 Å². The van der Waals surface area contributed by atoms with E-state index in [1.807, 2.05) is 86.6 Å². The number of aliphatic hydroxyl groups excluding tert-OH is 1. The molecule has 0 spiro atoms. The maximum Gasteiger partial charge on any atom is 0.300 e. The summed E-state index contributed by atoms with van der Waals surface area (Å²) in [4.78, 5) is 30.5. The van der Waals surface area contributed by atoms with Crippen molar-refractivity contribution in [1.82, 2.24) is 0 Å². The molecule has 0 aliphatic carbocycles. The molecule has 38 heavy (non-hydrogen) atoms. The number of ether oxygens (including phenoxy) is 1. The van der Waals surface area contributed by atoms with Crippen LogP contribution in [0.3, 0.4) is 0 Å². The van der Waals surface area contributed by atoms with Crippen LogP contribution in [0.5, 0.6) is 5.75 Å². The minimum Gasteiger partial charge on any atom is -0.507 e. The fourth-order valence-corrected chi connectivity index (χ4v) is 5.22. The first-order chi connectivity index (χ1) is 18.0. The Morgan fingerprint density at radius 2 is 1.63 bits per heavy atom. The largest absolute Gasteiger partial charge is 0.507 e. The van der Waals surface area contributed by atoms with Crippen LogP contribution in [0.2, 0.25) is 0 Å². The highest BCUT2D eigenvalue weighted by Gasteiger charge is 2.47. The summed E-state index contributed by atoms with van der Waals surface area (Å²) in [5, 5.41) is 11.5. The lowest BCUT2D eigenvalue weighted by atomic mass is 9.87. The molecule has 2 aliphatic rings. The summed E-state index contributed by atoms with van der Waals surface area (Å²) in [5.41, 5.74) is 4.97. The zero-order valence-electron chi connectivity index (χ0n) is 22.8. The summed E-state index contributed by atoms with van der Waals surface area (Å²) < 4.78 is 5.80. The number of ketones is 1. The zero-order chi connectivity index (χ0) is 27.4. The van der Waals surface area contributed by atoms with E-state index in [0.717, 1.165) is 34.5 Å². The number of benzene rings is 3. The number of nitrogens with zero attached hydrogens (tertiary/aromatic N) is 2. The van der Waals surface area contributed by atoms with E-state index in [1.165, 1.54) is 4.90 Å². The molecule has 0 aromatic heterocycles. The highest BCUT2D eigenvalue weighted by Crippen LogP contribution is 2.43. The van der Waals surface area contributed by atoms with Crippen molar-refractivity contribution in [1.29, 1.82) is 0 Å². The van der Waals surface area contributed by atoms with Crippen LogP contribution >= 0.6 is 0 Å². The van der Waals surface area contributed by atoms with Gasteiger partial charge in [0.2, 0.25) is 0 Å². The summed E-state index contributed by atoms with van der Waals surface area (Å²) in [6.45, 7) is 8.38. The van der Waals surface area contributed by atoms with Gasteiger partial charge in [-0.15, -0.1) is 0 Å². The quantitative estimate of drug-likeness (QED) is 0.265. The molecule has 2 unspecified atom stereocenters. The Hall–Kier alpha value is -4.06. The number of hydrogen-bond acceptors (Lipinski definition) is 5. The Kier molecular flexibility index (Phi) is 6.30. The number of rotatable bonds is 4. The van der Waals surface area contributed by atoms with Crippen molar-refractivity contribution in [3.8, 4) is 5.75 Å². The van der Waals surface area contributed by atoms with Gasteiger partial charge in [-0.3, -0.25) is 14.5 Å². The molecule has 2 aliphatic heterocycles. The van der Waals surface area contributed by atoms with Crippen molar-refractivity contribution >= 4 is 28.8 Å². The Morgan fingerprint density at radius 3 is 2.24 bits per heavy atom. The van der Waals surface area contributed by atoms with Gasteiger partial charge in [-0.25, -0.2) is 0 Å². The highest BCUT2D eigenvalue weighted by molar-refractivity contribution is 6.51. The number of carbonyl (C=O) groups excluding carboxylic acids is 2. The molecule has 5 rings (SSSR count). The lowest BCUT2D eigenvalue weighted by Crippen LogP contribution is -2.29. The van der Waals surface area contributed by atoms with Crippen LogP contribution in [-0.4, -0.2) is 37.0 Å². The monoisotopic (exact) mass is 510 g/mol. The number of Topliss-reactive ketones (excluding diaryl/α,β-unsaturated/α-hetero) is 1. The van der Waals surface area contributed by atoms with Crippen LogP contribution in [0.15, 0.2) is 72.3 Å². The Labute approximate surface area is 224 Å². The standard InChI is InChI=1S/C32H34N2O4/c1-19-17-22-18-21(9-16-26(22)38-19)29(35)27-28(20-7-12-24(13-8-20)33(5)6)34(31(37)30(27)36)25-14-10-23(11-15-25)32(2,3)4/h7-16,18-19,28,35H,17H2,1-6H3/b29-27-. The maximum absolute atomic E-state index is 13.5. The summed E-state index contributed by atoms with van der Waals surface area (Å²) >= 11 is 0. The van der Waals surface area contributed by atoms with Crippen molar-refractivity contribution in [2.24, 2.45) is 0 Å². The zero-order valence-corrected chi connectivity index (χ0v) is 22.8. The normalized spacial score (nSPS) is 20.4. The van der Waals surface area contributed by atoms with Crippen molar-refractivity contribution in [3.63, 3.8) is 0 Å². The Balaban J connectivity index is 1.65. The second-order valence-electron chi connectivity index (χ2n) is 11.4. The second kappa shape index (κ2) is 9.35. The molecule has 3 aromatic rings. The molecule has 6 heteroatoms. The molecule has 3 aromatic carbocycles. The molecule has 2 heterocycles. The molecule has 1 saturated heterocycles. The second-order valence-corrected chi connectivity index (χ2v) is 11.4. The van der Waals surface area contributed by atoms with Crippen molar-refractivity contribution < 1.29 is 19.4 Å². The molecule has 0 radical (unpaired) electrons. The number of hydrogen-bond donors (Lipinski definition) is 1. The van der Waals surface area contributed by atoms with Crippen LogP contribution < -0.4 is 14.5 Å². The fraction of sp³-hybridized carbons (Fsp3) is 0.312. The molecule has 196 valence electrons. The summed E-state index contributed by atoms with van der Waals surface area (Å²) in [7, 11) is 3.91. The summed E-state index contributed by atoms with van der Waals surface area (Å²) in [6, 6.07) is 20.1. The topological polar surface area (TPSA) is 70.1 Å². The van der Waals surface area contributed by atoms with Gasteiger partial charge in [0.1, 0.15) is 17.6 Å². The van der Waals surface area contributed by atoms with E-state index >= 15 is 0 Å². The maximum atomic E-state index is 13.5. The van der Waals surface area contributed by atoms with E-state index in [2.05, 4.69) is 20.8 Å². The molecule has 6 nitrogen and oxygen atoms in total. The lowest BCUT2D eigenvalue weighted by Gasteiger charge is -2.27. The van der Waals surface area contributed by atoms with Crippen LogP contribution in [0.1, 0.15) is 56.0 Å². The van der Waals surface area contributed by atoms with Gasteiger partial charge in [0.25, 0.3) is 11.7 Å². The third kappa shape index (κ3) is 4.44. The van der Waals surface area contributed by atoms with Gasteiger partial charge in [0.15, 0.2) is 0 Å². The molecule has 0 saturated carbocycles. The van der Waals surface area contributed by atoms with Crippen LogP contribution in [0.4, 0.5) is 11.4 Å². The first-order valence-electron chi connectivity index (χ1n) is 12.9. The Morgan fingerprint density at radius 1 is 0.974 bits per heavy atom. The third-order valence-electron chi connectivity index (χ3n) is 7.35. The minimum atomic E-state index is -0.768. The predicted octanol–water partition coefficient (Wildman–Crippen LogP) is 6.00. The first-order valence-corrected chi connectivity index (χ1v) is 12.9. The summed E-state index contributed by atoms with van der Waals surface area (Å²) in [5.74, 6) is -0.755. The fourth-order valence-electron chi connectivity index (χ4n) is 5.22. The average Bonchev–Trinajstić information content (AvgIpc) is 3.38. The SMILES string of the molecule is CC1Cc2cc(/C(O)=C3/C(=O)C(=O)N(c4ccc(C(C)(C)C)cc4)C3c3ccc(N(C)C)cc3)ccc2O1. The molecule has 1 amide bonds. The molecule has 2 atom stereocenters. The number of amides is 1. The molecular weight excluding hydrogens is 476 g/mol. The molecule has 0 bridgehead atoms. The van der Waals surface area contributed by atoms with E-state index in [4.69, 9.17) is 4.74 Å². The lowest BCUT2D eigenvalue weighted by molar-refractivity contribution is -0.132. The minimum absolute atomic E-state index is 0.0527. The number of fused-ring (bicyclic) bond motifs is 1. The average molecular weight is 511 g/mol. The molecule has 1 N–H and O–H groups in total. The van der Waals surface area contributed by atoms with Gasteiger partial charge in [-0.05, 0) is 71.5 Å². The predicted molar refractivity (Wildman–Crippen MR) is 151 cm³/mol. The Bertz CT molecular complexity index is 1430. The van der Waals surface area contributed by atoms with Gasteiger partial charge >= 0.3 is 0 Å². The number of carbonyl (C=O) groups is 2. The van der Waals surface area contributed by atoms with Gasteiger partial charge in [-0.1, -0.05) is 45.0 Å². The first kappa shape index (κ1) is 25.6. The van der Waals surface area contributed by atoms with Crippen molar-refractivity contribution in [2.45, 2.75) is 51.7 Å².